The van der Waals surface area contributed by atoms with Crippen LogP contribution in [0.15, 0.2) is 28.9 Å². The molecule has 2 fully saturated rings. The van der Waals surface area contributed by atoms with Crippen LogP contribution in [0.1, 0.15) is 42.6 Å². The van der Waals surface area contributed by atoms with Crippen molar-refractivity contribution in [2.45, 2.75) is 38.1 Å². The monoisotopic (exact) mass is 386 g/mol. The molecule has 2 aliphatic heterocycles. The van der Waals surface area contributed by atoms with Gasteiger partial charge in [0, 0.05) is 32.3 Å². The molecule has 0 unspecified atom stereocenters. The quantitative estimate of drug-likeness (QED) is 0.792. The lowest BCUT2D eigenvalue weighted by Gasteiger charge is -2.45. The summed E-state index contributed by atoms with van der Waals surface area (Å²) in [5.41, 5.74) is 1.15. The molecule has 0 bridgehead atoms. The largest absolute Gasteiger partial charge is 0.463 e. The van der Waals surface area contributed by atoms with Crippen LogP contribution in [-0.2, 0) is 4.74 Å². The minimum atomic E-state index is -0.0426. The lowest BCUT2D eigenvalue weighted by Crippen LogP contribution is -2.52. The molecular formula is C21H30N4O3. The predicted molar refractivity (Wildman–Crippen MR) is 106 cm³/mol. The van der Waals surface area contributed by atoms with Crippen molar-refractivity contribution in [1.82, 2.24) is 20.0 Å². The summed E-state index contributed by atoms with van der Waals surface area (Å²) < 4.78 is 10.7. The number of hydrogen-bond acceptors (Lipinski definition) is 5. The number of ether oxygens (including phenoxy) is 1. The van der Waals surface area contributed by atoms with E-state index < -0.39 is 0 Å². The molecule has 0 saturated carbocycles. The van der Waals surface area contributed by atoms with Crippen molar-refractivity contribution in [3.05, 3.63) is 30.2 Å². The zero-order valence-electron chi connectivity index (χ0n) is 16.6. The maximum Gasteiger partial charge on any atom is 0.274 e. The van der Waals surface area contributed by atoms with Crippen LogP contribution >= 0.6 is 0 Å². The number of methoxy groups -OCH3 is 1. The number of carbonyl (C=O) groups excluding carboxylic acids is 1. The third-order valence-electron chi connectivity index (χ3n) is 6.12. The molecular weight excluding hydrogens is 356 g/mol. The molecule has 0 radical (unpaired) electrons. The normalized spacial score (nSPS) is 22.8. The zero-order chi connectivity index (χ0) is 19.3. The Hall–Kier alpha value is -2.12. The highest BCUT2D eigenvalue weighted by Crippen LogP contribution is 2.31. The van der Waals surface area contributed by atoms with E-state index in [-0.39, 0.29) is 5.91 Å². The number of aromatic amines is 1. The lowest BCUT2D eigenvalue weighted by atomic mass is 9.83. The highest BCUT2D eigenvalue weighted by Gasteiger charge is 2.35. The molecule has 2 saturated heterocycles. The second-order valence-corrected chi connectivity index (χ2v) is 7.89. The summed E-state index contributed by atoms with van der Waals surface area (Å²) in [5.74, 6) is 1.16. The Labute approximate surface area is 166 Å². The fourth-order valence-electron chi connectivity index (χ4n) is 4.70. The van der Waals surface area contributed by atoms with Gasteiger partial charge in [0.05, 0.1) is 12.9 Å². The molecule has 1 amide bonds. The van der Waals surface area contributed by atoms with Gasteiger partial charge in [0.15, 0.2) is 11.5 Å². The molecule has 0 aliphatic carbocycles. The summed E-state index contributed by atoms with van der Waals surface area (Å²) in [7, 11) is 1.68. The second kappa shape index (κ2) is 8.92. The second-order valence-electron chi connectivity index (χ2n) is 7.89. The third-order valence-corrected chi connectivity index (χ3v) is 6.12. The van der Waals surface area contributed by atoms with Gasteiger partial charge in [-0.1, -0.05) is 6.42 Å². The average molecular weight is 386 g/mol. The van der Waals surface area contributed by atoms with Gasteiger partial charge in [-0.05, 0) is 56.8 Å². The molecule has 2 aromatic heterocycles. The number of nitrogens with one attached hydrogen (secondary N) is 1. The molecule has 4 rings (SSSR count). The van der Waals surface area contributed by atoms with E-state index in [1.165, 1.54) is 45.2 Å². The average Bonchev–Trinajstić information content (AvgIpc) is 3.42. The van der Waals surface area contributed by atoms with Crippen LogP contribution in [-0.4, -0.2) is 71.8 Å². The summed E-state index contributed by atoms with van der Waals surface area (Å²) in [5, 5.41) is 7.17. The van der Waals surface area contributed by atoms with E-state index in [9.17, 15) is 4.79 Å². The van der Waals surface area contributed by atoms with Crippen LogP contribution in [0.2, 0.25) is 0 Å². The van der Waals surface area contributed by atoms with E-state index in [1.54, 1.807) is 19.4 Å². The van der Waals surface area contributed by atoms with Gasteiger partial charge in [-0.15, -0.1) is 0 Å². The first kappa shape index (κ1) is 19.2. The molecule has 0 spiro atoms. The first-order valence-electron chi connectivity index (χ1n) is 10.4. The highest BCUT2D eigenvalue weighted by molar-refractivity contribution is 5.93. The van der Waals surface area contributed by atoms with Gasteiger partial charge >= 0.3 is 0 Å². The number of rotatable bonds is 7. The summed E-state index contributed by atoms with van der Waals surface area (Å²) in [6.45, 7) is 4.30. The van der Waals surface area contributed by atoms with Gasteiger partial charge in [-0.3, -0.25) is 9.89 Å². The van der Waals surface area contributed by atoms with Gasteiger partial charge < -0.3 is 19.0 Å². The topological polar surface area (TPSA) is 74.6 Å². The first-order chi connectivity index (χ1) is 13.8. The van der Waals surface area contributed by atoms with Crippen molar-refractivity contribution in [2.24, 2.45) is 5.92 Å². The first-order valence-corrected chi connectivity index (χ1v) is 10.4. The standard InChI is InChI=1S/C21H30N4O3/c1-27-13-11-25(15-16-6-4-10-24-9-3-2-7-19(16)24)21(26)18-14-17(22-23-18)20-8-5-12-28-20/h5,8,12,14,16,19H,2-4,6-7,9-11,13,15H2,1H3,(H,22,23)/t16-,19+/m0/s1. The smallest absolute Gasteiger partial charge is 0.274 e. The highest BCUT2D eigenvalue weighted by atomic mass is 16.5. The van der Waals surface area contributed by atoms with Crippen LogP contribution < -0.4 is 0 Å². The van der Waals surface area contributed by atoms with E-state index >= 15 is 0 Å². The lowest BCUT2D eigenvalue weighted by molar-refractivity contribution is 0.0313. The molecule has 1 N–H and O–H groups in total. The van der Waals surface area contributed by atoms with Crippen molar-refractivity contribution in [2.75, 3.05) is 39.9 Å². The molecule has 4 heterocycles. The van der Waals surface area contributed by atoms with E-state index in [1.807, 2.05) is 17.0 Å². The van der Waals surface area contributed by atoms with E-state index in [0.717, 1.165) is 12.2 Å². The number of piperidine rings is 2. The Morgan fingerprint density at radius 3 is 3.07 bits per heavy atom. The number of aromatic nitrogens is 2. The van der Waals surface area contributed by atoms with E-state index in [0.29, 0.717) is 36.6 Å². The Morgan fingerprint density at radius 2 is 2.25 bits per heavy atom. The number of hydrogen-bond donors (Lipinski definition) is 1. The summed E-state index contributed by atoms with van der Waals surface area (Å²) in [6.07, 6.45) is 7.88. The number of nitrogens with zero attached hydrogens (tertiary/aromatic N) is 3. The maximum absolute atomic E-state index is 13.2. The fraction of sp³-hybridized carbons (Fsp3) is 0.619. The summed E-state index contributed by atoms with van der Waals surface area (Å²) in [6, 6.07) is 6.05. The van der Waals surface area contributed by atoms with E-state index in [2.05, 4.69) is 15.1 Å². The van der Waals surface area contributed by atoms with Crippen molar-refractivity contribution >= 4 is 5.91 Å². The van der Waals surface area contributed by atoms with Crippen molar-refractivity contribution in [3.8, 4) is 11.5 Å². The van der Waals surface area contributed by atoms with Crippen molar-refractivity contribution < 1.29 is 13.9 Å². The molecule has 152 valence electrons. The van der Waals surface area contributed by atoms with Crippen LogP contribution in [0.25, 0.3) is 11.5 Å². The van der Waals surface area contributed by atoms with Gasteiger partial charge in [0.1, 0.15) is 5.69 Å². The molecule has 2 atom stereocenters. The Balaban J connectivity index is 1.48. The van der Waals surface area contributed by atoms with Crippen molar-refractivity contribution in [1.29, 1.82) is 0 Å². The van der Waals surface area contributed by atoms with Gasteiger partial charge in [0.25, 0.3) is 5.91 Å². The number of furan rings is 1. The van der Waals surface area contributed by atoms with E-state index in [4.69, 9.17) is 9.15 Å². The predicted octanol–water partition coefficient (Wildman–Crippen LogP) is 3.02. The number of H-pyrrole nitrogens is 1. The molecule has 28 heavy (non-hydrogen) atoms. The number of amides is 1. The molecule has 7 nitrogen and oxygen atoms in total. The molecule has 7 heteroatoms. The van der Waals surface area contributed by atoms with Crippen LogP contribution in [0, 0.1) is 5.92 Å². The Bertz CT molecular complexity index is 756. The minimum absolute atomic E-state index is 0.0426. The SMILES string of the molecule is COCCN(C[C@@H]1CCCN2CCCC[C@H]12)C(=O)c1cc(-c2ccco2)[nH]n1. The Kier molecular flexibility index (Phi) is 6.12. The molecule has 2 aliphatic rings. The summed E-state index contributed by atoms with van der Waals surface area (Å²) in [4.78, 5) is 17.8. The Morgan fingerprint density at radius 1 is 1.36 bits per heavy atom. The van der Waals surface area contributed by atoms with Gasteiger partial charge in [-0.25, -0.2) is 0 Å². The zero-order valence-corrected chi connectivity index (χ0v) is 16.6. The molecule has 2 aromatic rings. The molecule has 0 aromatic carbocycles. The number of carbonyl (C=O) groups is 1. The summed E-state index contributed by atoms with van der Waals surface area (Å²) >= 11 is 0. The van der Waals surface area contributed by atoms with Crippen molar-refractivity contribution in [3.63, 3.8) is 0 Å². The maximum atomic E-state index is 13.2. The fourth-order valence-corrected chi connectivity index (χ4v) is 4.70. The number of fused-ring (bicyclic) bond motifs is 1. The van der Waals surface area contributed by atoms with Crippen LogP contribution in [0.4, 0.5) is 0 Å². The van der Waals surface area contributed by atoms with Crippen LogP contribution in [0.5, 0.6) is 0 Å². The minimum Gasteiger partial charge on any atom is -0.463 e. The van der Waals surface area contributed by atoms with Gasteiger partial charge in [0.2, 0.25) is 0 Å². The third kappa shape index (κ3) is 4.15. The van der Waals surface area contributed by atoms with Crippen LogP contribution in [0.3, 0.4) is 0 Å². The van der Waals surface area contributed by atoms with Gasteiger partial charge in [-0.2, -0.15) is 5.10 Å².